The van der Waals surface area contributed by atoms with Crippen LogP contribution in [0, 0.1) is 0 Å². The molecule has 0 fully saturated rings. The second-order valence-electron chi connectivity index (χ2n) is 5.45. The summed E-state index contributed by atoms with van der Waals surface area (Å²) in [6.07, 6.45) is 0. The highest BCUT2D eigenvalue weighted by atomic mass is 79.9. The molecule has 0 amide bonds. The first-order chi connectivity index (χ1) is 11.3. The first-order valence-electron chi connectivity index (χ1n) is 7.52. The topological polar surface area (TPSA) is 12.9 Å². The predicted octanol–water partition coefficient (Wildman–Crippen LogP) is 6.33. The molecular formula is C21H14BrN. The Morgan fingerprint density at radius 2 is 1.30 bits per heavy atom. The van der Waals surface area contributed by atoms with Gasteiger partial charge in [-0.15, -0.1) is 0 Å². The van der Waals surface area contributed by atoms with Crippen LogP contribution < -0.4 is 0 Å². The van der Waals surface area contributed by atoms with Crippen LogP contribution in [0.4, 0.5) is 0 Å². The zero-order valence-corrected chi connectivity index (χ0v) is 14.0. The Labute approximate surface area is 143 Å². The van der Waals surface area contributed by atoms with Crippen molar-refractivity contribution in [3.8, 4) is 22.4 Å². The minimum absolute atomic E-state index is 1.01. The molecule has 0 saturated heterocycles. The van der Waals surface area contributed by atoms with E-state index in [9.17, 15) is 0 Å². The molecule has 0 aliphatic heterocycles. The van der Waals surface area contributed by atoms with Crippen molar-refractivity contribution in [2.75, 3.05) is 0 Å². The van der Waals surface area contributed by atoms with E-state index in [4.69, 9.17) is 4.98 Å². The lowest BCUT2D eigenvalue weighted by atomic mass is 9.97. The van der Waals surface area contributed by atoms with Crippen molar-refractivity contribution >= 4 is 26.8 Å². The van der Waals surface area contributed by atoms with E-state index >= 15 is 0 Å². The van der Waals surface area contributed by atoms with Crippen LogP contribution in [0.5, 0.6) is 0 Å². The third kappa shape index (κ3) is 2.78. The van der Waals surface area contributed by atoms with Crippen LogP contribution in [-0.4, -0.2) is 4.98 Å². The average Bonchev–Trinajstić information content (AvgIpc) is 2.62. The molecule has 0 bridgehead atoms. The zero-order valence-electron chi connectivity index (χ0n) is 12.4. The molecule has 4 rings (SSSR count). The van der Waals surface area contributed by atoms with Crippen LogP contribution in [0.2, 0.25) is 0 Å². The van der Waals surface area contributed by atoms with E-state index < -0.39 is 0 Å². The Hall–Kier alpha value is -2.45. The summed E-state index contributed by atoms with van der Waals surface area (Å²) in [5.74, 6) is 0. The fraction of sp³-hybridized carbons (Fsp3) is 0. The molecule has 0 radical (unpaired) electrons. The van der Waals surface area contributed by atoms with E-state index in [-0.39, 0.29) is 0 Å². The molecule has 0 saturated carbocycles. The monoisotopic (exact) mass is 359 g/mol. The molecule has 0 unspecified atom stereocenters. The predicted molar refractivity (Wildman–Crippen MR) is 100 cm³/mol. The van der Waals surface area contributed by atoms with Gasteiger partial charge in [-0.05, 0) is 29.8 Å². The Kier molecular flexibility index (Phi) is 3.68. The van der Waals surface area contributed by atoms with Crippen molar-refractivity contribution in [1.29, 1.82) is 0 Å². The molecule has 0 aliphatic carbocycles. The summed E-state index contributed by atoms with van der Waals surface area (Å²) >= 11 is 3.55. The first-order valence-corrected chi connectivity index (χ1v) is 8.32. The number of rotatable bonds is 2. The van der Waals surface area contributed by atoms with Gasteiger partial charge in [-0.2, -0.15) is 0 Å². The Morgan fingerprint density at radius 1 is 0.652 bits per heavy atom. The van der Waals surface area contributed by atoms with Gasteiger partial charge in [0.15, 0.2) is 0 Å². The molecule has 3 aromatic carbocycles. The van der Waals surface area contributed by atoms with E-state index in [1.54, 1.807) is 0 Å². The highest BCUT2D eigenvalue weighted by molar-refractivity contribution is 9.10. The molecule has 1 heterocycles. The second-order valence-corrected chi connectivity index (χ2v) is 6.37. The van der Waals surface area contributed by atoms with Crippen LogP contribution in [0.15, 0.2) is 89.4 Å². The standard InChI is InChI=1S/C21H14BrN/c22-18-11-12-20-17(13-18)14-19(15-7-3-1-4-8-15)21(23-20)16-9-5-2-6-10-16/h1-14H. The van der Waals surface area contributed by atoms with Crippen LogP contribution in [0.25, 0.3) is 33.3 Å². The summed E-state index contributed by atoms with van der Waals surface area (Å²) in [5, 5.41) is 1.14. The van der Waals surface area contributed by atoms with Crippen molar-refractivity contribution in [1.82, 2.24) is 4.98 Å². The zero-order chi connectivity index (χ0) is 15.6. The van der Waals surface area contributed by atoms with Gasteiger partial charge in [0.05, 0.1) is 11.2 Å². The number of pyridine rings is 1. The van der Waals surface area contributed by atoms with Gasteiger partial charge < -0.3 is 0 Å². The van der Waals surface area contributed by atoms with Crippen LogP contribution in [-0.2, 0) is 0 Å². The quantitative estimate of drug-likeness (QED) is 0.407. The summed E-state index contributed by atoms with van der Waals surface area (Å²) in [4.78, 5) is 4.94. The summed E-state index contributed by atoms with van der Waals surface area (Å²) in [5.41, 5.74) is 5.50. The number of halogens is 1. The third-order valence-corrected chi connectivity index (χ3v) is 4.40. The smallest absolute Gasteiger partial charge is 0.0788 e. The minimum atomic E-state index is 1.01. The number of aromatic nitrogens is 1. The SMILES string of the molecule is Brc1ccc2nc(-c3ccccc3)c(-c3ccccc3)cc2c1. The summed E-state index contributed by atoms with van der Waals surface area (Å²) < 4.78 is 1.07. The maximum atomic E-state index is 4.94. The molecule has 0 aliphatic rings. The largest absolute Gasteiger partial charge is 0.247 e. The lowest BCUT2D eigenvalue weighted by Gasteiger charge is -2.11. The van der Waals surface area contributed by atoms with E-state index in [1.165, 1.54) is 5.56 Å². The fourth-order valence-corrected chi connectivity index (χ4v) is 3.18. The third-order valence-electron chi connectivity index (χ3n) is 3.91. The van der Waals surface area contributed by atoms with Gasteiger partial charge in [0.2, 0.25) is 0 Å². The number of fused-ring (bicyclic) bond motifs is 1. The second kappa shape index (κ2) is 5.98. The maximum Gasteiger partial charge on any atom is 0.0788 e. The first kappa shape index (κ1) is 14.2. The fourth-order valence-electron chi connectivity index (χ4n) is 2.80. The van der Waals surface area contributed by atoms with Gasteiger partial charge in [0.25, 0.3) is 0 Å². The highest BCUT2D eigenvalue weighted by Crippen LogP contribution is 2.33. The van der Waals surface area contributed by atoms with Crippen LogP contribution >= 0.6 is 15.9 Å². The summed E-state index contributed by atoms with van der Waals surface area (Å²) in [7, 11) is 0. The summed E-state index contributed by atoms with van der Waals surface area (Å²) in [6, 6.07) is 29.2. The lowest BCUT2D eigenvalue weighted by molar-refractivity contribution is 1.39. The number of nitrogens with zero attached hydrogens (tertiary/aromatic N) is 1. The van der Waals surface area contributed by atoms with Gasteiger partial charge in [0, 0.05) is 21.0 Å². The van der Waals surface area contributed by atoms with Gasteiger partial charge in [-0.25, -0.2) is 4.98 Å². The molecule has 1 aromatic heterocycles. The van der Waals surface area contributed by atoms with Gasteiger partial charge in [-0.1, -0.05) is 76.6 Å². The molecule has 110 valence electrons. The van der Waals surface area contributed by atoms with E-state index in [0.29, 0.717) is 0 Å². The van der Waals surface area contributed by atoms with Crippen LogP contribution in [0.1, 0.15) is 0 Å². The number of hydrogen-bond acceptors (Lipinski definition) is 1. The normalized spacial score (nSPS) is 10.8. The number of hydrogen-bond donors (Lipinski definition) is 0. The van der Waals surface area contributed by atoms with E-state index in [1.807, 2.05) is 18.2 Å². The van der Waals surface area contributed by atoms with Crippen molar-refractivity contribution in [3.05, 3.63) is 89.4 Å². The lowest BCUT2D eigenvalue weighted by Crippen LogP contribution is -1.91. The Bertz CT molecular complexity index is 963. The van der Waals surface area contributed by atoms with Crippen molar-refractivity contribution < 1.29 is 0 Å². The molecule has 0 N–H and O–H groups in total. The highest BCUT2D eigenvalue weighted by Gasteiger charge is 2.11. The van der Waals surface area contributed by atoms with E-state index in [0.717, 1.165) is 32.2 Å². The maximum absolute atomic E-state index is 4.94. The van der Waals surface area contributed by atoms with Crippen molar-refractivity contribution in [2.45, 2.75) is 0 Å². The molecule has 0 atom stereocenters. The molecule has 4 aromatic rings. The van der Waals surface area contributed by atoms with Crippen molar-refractivity contribution in [2.24, 2.45) is 0 Å². The Morgan fingerprint density at radius 3 is 2.00 bits per heavy atom. The molecule has 2 heteroatoms. The van der Waals surface area contributed by atoms with Gasteiger partial charge >= 0.3 is 0 Å². The van der Waals surface area contributed by atoms with Gasteiger partial charge in [0.1, 0.15) is 0 Å². The Balaban J connectivity index is 2.04. The van der Waals surface area contributed by atoms with Crippen molar-refractivity contribution in [3.63, 3.8) is 0 Å². The molecule has 23 heavy (non-hydrogen) atoms. The molecule has 0 spiro atoms. The van der Waals surface area contributed by atoms with E-state index in [2.05, 4.69) is 82.7 Å². The summed E-state index contributed by atoms with van der Waals surface area (Å²) in [6.45, 7) is 0. The molecular weight excluding hydrogens is 346 g/mol. The van der Waals surface area contributed by atoms with Gasteiger partial charge in [-0.3, -0.25) is 0 Å². The molecule has 1 nitrogen and oxygen atoms in total. The average molecular weight is 360 g/mol. The minimum Gasteiger partial charge on any atom is -0.247 e. The number of benzene rings is 3. The van der Waals surface area contributed by atoms with Crippen LogP contribution in [0.3, 0.4) is 0 Å².